The van der Waals surface area contributed by atoms with Gasteiger partial charge in [0.05, 0.1) is 7.11 Å². The Bertz CT molecular complexity index is 998. The maximum absolute atomic E-state index is 13.2. The molecule has 3 heterocycles. The highest BCUT2D eigenvalue weighted by Gasteiger charge is 2.26. The van der Waals surface area contributed by atoms with Crippen molar-refractivity contribution in [1.29, 1.82) is 0 Å². The average molecular weight is 403 g/mol. The standard InChI is InChI=1S/C20H23F2N5O2/c1-12-13(2)19(25-27-18(12)23-24-20(27)17(21)22)26-10-8-16(9-11-26)29-15-6-4-14(28-3)5-7-15/h4-7,16-17H,8-11H2,1-3H3. The molecule has 9 heteroatoms. The zero-order chi connectivity index (χ0) is 20.5. The van der Waals surface area contributed by atoms with Crippen LogP contribution >= 0.6 is 0 Å². The van der Waals surface area contributed by atoms with Gasteiger partial charge in [-0.2, -0.15) is 4.52 Å². The molecule has 2 aromatic heterocycles. The van der Waals surface area contributed by atoms with Crippen LogP contribution in [-0.2, 0) is 0 Å². The molecule has 7 nitrogen and oxygen atoms in total. The van der Waals surface area contributed by atoms with E-state index in [4.69, 9.17) is 9.47 Å². The van der Waals surface area contributed by atoms with Gasteiger partial charge >= 0.3 is 0 Å². The fourth-order valence-electron chi connectivity index (χ4n) is 3.60. The summed E-state index contributed by atoms with van der Waals surface area (Å²) < 4.78 is 38.9. The summed E-state index contributed by atoms with van der Waals surface area (Å²) in [7, 11) is 1.63. The molecule has 1 fully saturated rings. The minimum Gasteiger partial charge on any atom is -0.497 e. The van der Waals surface area contributed by atoms with Crippen LogP contribution in [0.5, 0.6) is 11.5 Å². The number of ether oxygens (including phenoxy) is 2. The summed E-state index contributed by atoms with van der Waals surface area (Å²) in [5, 5.41) is 11.9. The van der Waals surface area contributed by atoms with Crippen molar-refractivity contribution in [1.82, 2.24) is 19.8 Å². The molecule has 0 amide bonds. The second-order valence-corrected chi connectivity index (χ2v) is 7.15. The molecule has 3 aromatic rings. The van der Waals surface area contributed by atoms with Gasteiger partial charge in [-0.15, -0.1) is 15.3 Å². The van der Waals surface area contributed by atoms with Gasteiger partial charge in [-0.25, -0.2) is 8.78 Å². The maximum Gasteiger partial charge on any atom is 0.299 e. The summed E-state index contributed by atoms with van der Waals surface area (Å²) in [5.41, 5.74) is 2.12. The van der Waals surface area contributed by atoms with E-state index in [0.717, 1.165) is 48.6 Å². The summed E-state index contributed by atoms with van der Waals surface area (Å²) in [5.74, 6) is 1.86. The largest absolute Gasteiger partial charge is 0.497 e. The number of alkyl halides is 2. The molecule has 0 bridgehead atoms. The summed E-state index contributed by atoms with van der Waals surface area (Å²) in [6.45, 7) is 5.26. The molecule has 0 atom stereocenters. The second-order valence-electron chi connectivity index (χ2n) is 7.15. The number of methoxy groups -OCH3 is 1. The summed E-state index contributed by atoms with van der Waals surface area (Å²) >= 11 is 0. The predicted octanol–water partition coefficient (Wildman–Crippen LogP) is 3.74. The van der Waals surface area contributed by atoms with E-state index in [0.29, 0.717) is 11.5 Å². The number of benzene rings is 1. The molecule has 154 valence electrons. The van der Waals surface area contributed by atoms with Crippen LogP contribution in [0, 0.1) is 13.8 Å². The number of aromatic nitrogens is 4. The van der Waals surface area contributed by atoms with E-state index < -0.39 is 12.2 Å². The minimum atomic E-state index is -2.73. The van der Waals surface area contributed by atoms with Crippen LogP contribution in [0.4, 0.5) is 14.6 Å². The van der Waals surface area contributed by atoms with Crippen LogP contribution in [0.3, 0.4) is 0 Å². The number of nitrogens with zero attached hydrogens (tertiary/aromatic N) is 5. The highest BCUT2D eigenvalue weighted by Crippen LogP contribution is 2.29. The van der Waals surface area contributed by atoms with Gasteiger partial charge in [0.25, 0.3) is 6.43 Å². The topological polar surface area (TPSA) is 64.8 Å². The van der Waals surface area contributed by atoms with Crippen molar-refractivity contribution >= 4 is 11.5 Å². The van der Waals surface area contributed by atoms with E-state index >= 15 is 0 Å². The van der Waals surface area contributed by atoms with E-state index in [2.05, 4.69) is 20.2 Å². The number of anilines is 1. The SMILES string of the molecule is COc1ccc(OC2CCN(c3nn4c(C(F)F)nnc4c(C)c3C)CC2)cc1. The fourth-order valence-corrected chi connectivity index (χ4v) is 3.60. The van der Waals surface area contributed by atoms with Crippen molar-refractivity contribution in [2.75, 3.05) is 25.1 Å². The van der Waals surface area contributed by atoms with Crippen LogP contribution in [0.15, 0.2) is 24.3 Å². The number of hydrogen-bond donors (Lipinski definition) is 0. The summed E-state index contributed by atoms with van der Waals surface area (Å²) in [6, 6.07) is 7.53. The van der Waals surface area contributed by atoms with Crippen molar-refractivity contribution in [2.24, 2.45) is 0 Å². The Balaban J connectivity index is 1.49. The molecule has 1 aromatic carbocycles. The van der Waals surface area contributed by atoms with Crippen molar-refractivity contribution in [2.45, 2.75) is 39.2 Å². The first kappa shape index (κ1) is 19.4. The lowest BCUT2D eigenvalue weighted by atomic mass is 10.1. The van der Waals surface area contributed by atoms with Crippen LogP contribution in [0.1, 0.15) is 36.2 Å². The molecular weight excluding hydrogens is 380 g/mol. The first-order valence-corrected chi connectivity index (χ1v) is 9.54. The van der Waals surface area contributed by atoms with Gasteiger partial charge in [0.2, 0.25) is 5.82 Å². The zero-order valence-corrected chi connectivity index (χ0v) is 16.6. The van der Waals surface area contributed by atoms with E-state index in [1.807, 2.05) is 38.1 Å². The van der Waals surface area contributed by atoms with Gasteiger partial charge in [0, 0.05) is 37.1 Å². The molecule has 0 N–H and O–H groups in total. The molecule has 1 saturated heterocycles. The van der Waals surface area contributed by atoms with Gasteiger partial charge in [0.1, 0.15) is 17.6 Å². The third-order valence-corrected chi connectivity index (χ3v) is 5.39. The Hall–Kier alpha value is -2.97. The number of fused-ring (bicyclic) bond motifs is 1. The quantitative estimate of drug-likeness (QED) is 0.647. The third kappa shape index (κ3) is 3.68. The molecule has 0 unspecified atom stereocenters. The molecule has 1 aliphatic rings. The molecule has 0 aliphatic carbocycles. The van der Waals surface area contributed by atoms with E-state index in [9.17, 15) is 8.78 Å². The number of rotatable bonds is 5. The monoisotopic (exact) mass is 403 g/mol. The lowest BCUT2D eigenvalue weighted by molar-refractivity contribution is 0.137. The normalized spacial score (nSPS) is 15.3. The number of hydrogen-bond acceptors (Lipinski definition) is 6. The van der Waals surface area contributed by atoms with Gasteiger partial charge < -0.3 is 14.4 Å². The van der Waals surface area contributed by atoms with Crippen molar-refractivity contribution in [3.8, 4) is 11.5 Å². The van der Waals surface area contributed by atoms with Gasteiger partial charge in [-0.05, 0) is 38.1 Å². The van der Waals surface area contributed by atoms with Crippen LogP contribution in [0.2, 0.25) is 0 Å². The highest BCUT2D eigenvalue weighted by molar-refractivity contribution is 5.59. The Labute approximate surface area is 167 Å². The molecule has 1 aliphatic heterocycles. The lowest BCUT2D eigenvalue weighted by Crippen LogP contribution is -2.39. The summed E-state index contributed by atoms with van der Waals surface area (Å²) in [4.78, 5) is 2.12. The number of piperidine rings is 1. The molecular formula is C20H23F2N5O2. The average Bonchev–Trinajstić information content (AvgIpc) is 3.16. The molecule has 0 saturated carbocycles. The van der Waals surface area contributed by atoms with Crippen molar-refractivity contribution in [3.63, 3.8) is 0 Å². The van der Waals surface area contributed by atoms with Crippen molar-refractivity contribution in [3.05, 3.63) is 41.2 Å². The first-order valence-electron chi connectivity index (χ1n) is 9.54. The molecule has 0 spiro atoms. The van der Waals surface area contributed by atoms with Gasteiger partial charge in [-0.3, -0.25) is 0 Å². The maximum atomic E-state index is 13.2. The first-order chi connectivity index (χ1) is 14.0. The Morgan fingerprint density at radius 1 is 1.00 bits per heavy atom. The third-order valence-electron chi connectivity index (χ3n) is 5.39. The van der Waals surface area contributed by atoms with Gasteiger partial charge in [-0.1, -0.05) is 0 Å². The number of halogens is 2. The predicted molar refractivity (Wildman–Crippen MR) is 104 cm³/mol. The van der Waals surface area contributed by atoms with E-state index in [1.54, 1.807) is 7.11 Å². The second kappa shape index (κ2) is 7.81. The number of aryl methyl sites for hydroxylation is 1. The molecule has 0 radical (unpaired) electrons. The Kier molecular flexibility index (Phi) is 5.21. The lowest BCUT2D eigenvalue weighted by Gasteiger charge is -2.34. The molecule has 29 heavy (non-hydrogen) atoms. The van der Waals surface area contributed by atoms with Crippen molar-refractivity contribution < 1.29 is 18.3 Å². The smallest absolute Gasteiger partial charge is 0.299 e. The minimum absolute atomic E-state index is 0.0938. The van der Waals surface area contributed by atoms with E-state index in [-0.39, 0.29) is 6.10 Å². The summed E-state index contributed by atoms with van der Waals surface area (Å²) in [6.07, 6.45) is -1.00. The Morgan fingerprint density at radius 2 is 1.66 bits per heavy atom. The Morgan fingerprint density at radius 3 is 2.28 bits per heavy atom. The van der Waals surface area contributed by atoms with Gasteiger partial charge in [0.15, 0.2) is 11.5 Å². The fraction of sp³-hybridized carbons (Fsp3) is 0.450. The highest BCUT2D eigenvalue weighted by atomic mass is 19.3. The zero-order valence-electron chi connectivity index (χ0n) is 16.6. The molecule has 4 rings (SSSR count). The van der Waals surface area contributed by atoms with Crippen LogP contribution < -0.4 is 14.4 Å². The van der Waals surface area contributed by atoms with E-state index in [1.165, 1.54) is 4.52 Å². The van der Waals surface area contributed by atoms with Crippen LogP contribution in [-0.4, -0.2) is 46.1 Å². The van der Waals surface area contributed by atoms with Crippen LogP contribution in [0.25, 0.3) is 5.65 Å².